The van der Waals surface area contributed by atoms with Crippen molar-refractivity contribution in [1.29, 1.82) is 0 Å². The van der Waals surface area contributed by atoms with Gasteiger partial charge in [-0.25, -0.2) is 4.39 Å². The second-order valence-corrected chi connectivity index (χ2v) is 4.90. The van der Waals surface area contributed by atoms with Gasteiger partial charge in [0.15, 0.2) is 0 Å². The maximum atomic E-state index is 13.6. The molecule has 0 unspecified atom stereocenters. The van der Waals surface area contributed by atoms with Gasteiger partial charge < -0.3 is 10.2 Å². The largest absolute Gasteiger partial charge is 0.420 e. The van der Waals surface area contributed by atoms with Gasteiger partial charge in [-0.1, -0.05) is 20.8 Å². The van der Waals surface area contributed by atoms with E-state index in [1.165, 1.54) is 12.1 Å². The van der Waals surface area contributed by atoms with Gasteiger partial charge in [0.05, 0.1) is 5.56 Å². The number of benzene rings is 1. The van der Waals surface area contributed by atoms with Gasteiger partial charge in [-0.05, 0) is 18.2 Å². The Balaban J connectivity index is 2.44. The molecule has 1 aromatic heterocycles. The molecule has 0 amide bonds. The van der Waals surface area contributed by atoms with Crippen molar-refractivity contribution in [3.05, 3.63) is 29.9 Å². The molecule has 90 valence electrons. The highest BCUT2D eigenvalue weighted by atomic mass is 19.1. The van der Waals surface area contributed by atoms with Crippen molar-refractivity contribution in [2.45, 2.75) is 26.2 Å². The topological polar surface area (TPSA) is 64.9 Å². The standard InChI is InChI=1S/C12H14FN3O/c1-12(2,3)11-16-15-10(17-11)8-5-4-7(14)6-9(8)13/h4-6H,14H2,1-3H3. The van der Waals surface area contributed by atoms with Crippen LogP contribution in [0.25, 0.3) is 11.5 Å². The van der Waals surface area contributed by atoms with E-state index < -0.39 is 5.82 Å². The zero-order chi connectivity index (χ0) is 12.6. The molecule has 0 aliphatic carbocycles. The Morgan fingerprint density at radius 3 is 2.47 bits per heavy atom. The number of aromatic nitrogens is 2. The lowest BCUT2D eigenvalue weighted by molar-refractivity contribution is 0.398. The third-order valence-corrected chi connectivity index (χ3v) is 2.29. The summed E-state index contributed by atoms with van der Waals surface area (Å²) in [6.07, 6.45) is 0. The van der Waals surface area contributed by atoms with Crippen LogP contribution in [0.4, 0.5) is 10.1 Å². The van der Waals surface area contributed by atoms with Gasteiger partial charge in [-0.2, -0.15) is 0 Å². The van der Waals surface area contributed by atoms with Crippen molar-refractivity contribution >= 4 is 5.69 Å². The molecule has 0 atom stereocenters. The third-order valence-electron chi connectivity index (χ3n) is 2.29. The lowest BCUT2D eigenvalue weighted by atomic mass is 9.97. The highest BCUT2D eigenvalue weighted by Crippen LogP contribution is 2.27. The minimum absolute atomic E-state index is 0.174. The van der Waals surface area contributed by atoms with Gasteiger partial charge in [-0.3, -0.25) is 0 Å². The number of nitrogen functional groups attached to an aromatic ring is 1. The predicted molar refractivity (Wildman–Crippen MR) is 62.8 cm³/mol. The molecular weight excluding hydrogens is 221 g/mol. The van der Waals surface area contributed by atoms with Crippen LogP contribution in [0.3, 0.4) is 0 Å². The Morgan fingerprint density at radius 1 is 1.24 bits per heavy atom. The van der Waals surface area contributed by atoms with E-state index in [-0.39, 0.29) is 16.9 Å². The number of nitrogens with two attached hydrogens (primary N) is 1. The molecule has 17 heavy (non-hydrogen) atoms. The van der Waals surface area contributed by atoms with Crippen LogP contribution < -0.4 is 5.73 Å². The van der Waals surface area contributed by atoms with Gasteiger partial charge in [0, 0.05) is 11.1 Å². The first-order chi connectivity index (χ1) is 7.88. The molecule has 0 fully saturated rings. The molecule has 0 saturated carbocycles. The quantitative estimate of drug-likeness (QED) is 0.772. The van der Waals surface area contributed by atoms with Crippen molar-refractivity contribution in [3.8, 4) is 11.5 Å². The van der Waals surface area contributed by atoms with Crippen molar-refractivity contribution in [1.82, 2.24) is 10.2 Å². The summed E-state index contributed by atoms with van der Waals surface area (Å²) < 4.78 is 19.1. The minimum atomic E-state index is -0.464. The molecule has 4 nitrogen and oxygen atoms in total. The summed E-state index contributed by atoms with van der Waals surface area (Å²) in [7, 11) is 0. The highest BCUT2D eigenvalue weighted by molar-refractivity contribution is 5.58. The molecular formula is C12H14FN3O. The van der Waals surface area contributed by atoms with E-state index in [1.54, 1.807) is 6.07 Å². The summed E-state index contributed by atoms with van der Waals surface area (Å²) in [5.41, 5.74) is 5.85. The van der Waals surface area contributed by atoms with E-state index in [1.807, 2.05) is 20.8 Å². The average molecular weight is 235 g/mol. The number of rotatable bonds is 1. The Kier molecular flexibility index (Phi) is 2.61. The Hall–Kier alpha value is -1.91. The van der Waals surface area contributed by atoms with Crippen LogP contribution in [0.1, 0.15) is 26.7 Å². The fraction of sp³-hybridized carbons (Fsp3) is 0.333. The molecule has 0 bridgehead atoms. The molecule has 1 heterocycles. The Bertz CT molecular complexity index is 543. The zero-order valence-corrected chi connectivity index (χ0v) is 9.99. The molecule has 0 aliphatic heterocycles. The van der Waals surface area contributed by atoms with Crippen LogP contribution in [0, 0.1) is 5.82 Å². The van der Waals surface area contributed by atoms with Crippen molar-refractivity contribution < 1.29 is 8.81 Å². The number of hydrogen-bond acceptors (Lipinski definition) is 4. The SMILES string of the molecule is CC(C)(C)c1nnc(-c2ccc(N)cc2F)o1. The molecule has 2 aromatic rings. The monoisotopic (exact) mass is 235 g/mol. The third kappa shape index (κ3) is 2.27. The first kappa shape index (κ1) is 11.6. The molecule has 0 radical (unpaired) electrons. The number of halogens is 1. The van der Waals surface area contributed by atoms with Gasteiger partial charge in [0.1, 0.15) is 5.82 Å². The van der Waals surface area contributed by atoms with Crippen LogP contribution in [0.2, 0.25) is 0 Å². The first-order valence-electron chi connectivity index (χ1n) is 5.27. The minimum Gasteiger partial charge on any atom is -0.420 e. The second kappa shape index (κ2) is 3.84. The zero-order valence-electron chi connectivity index (χ0n) is 9.99. The van der Waals surface area contributed by atoms with E-state index in [4.69, 9.17) is 10.2 Å². The maximum Gasteiger partial charge on any atom is 0.250 e. The molecule has 1 aromatic carbocycles. The van der Waals surface area contributed by atoms with Gasteiger partial charge in [0.2, 0.25) is 5.89 Å². The van der Waals surface area contributed by atoms with E-state index in [0.717, 1.165) is 0 Å². The normalized spacial score (nSPS) is 11.8. The van der Waals surface area contributed by atoms with Crippen LogP contribution in [-0.2, 0) is 5.41 Å². The molecule has 0 aliphatic rings. The van der Waals surface area contributed by atoms with E-state index in [9.17, 15) is 4.39 Å². The second-order valence-electron chi connectivity index (χ2n) is 4.90. The number of hydrogen-bond donors (Lipinski definition) is 1. The summed E-state index contributed by atoms with van der Waals surface area (Å²) >= 11 is 0. The lowest BCUT2D eigenvalue weighted by Crippen LogP contribution is -2.11. The van der Waals surface area contributed by atoms with E-state index in [2.05, 4.69) is 10.2 Å². The molecule has 2 N–H and O–H groups in total. The summed E-state index contributed by atoms with van der Waals surface area (Å²) in [6, 6.07) is 4.36. The van der Waals surface area contributed by atoms with Crippen LogP contribution in [0.5, 0.6) is 0 Å². The van der Waals surface area contributed by atoms with Crippen LogP contribution >= 0.6 is 0 Å². The van der Waals surface area contributed by atoms with Gasteiger partial charge in [0.25, 0.3) is 5.89 Å². The van der Waals surface area contributed by atoms with E-state index >= 15 is 0 Å². The molecule has 2 rings (SSSR count). The molecule has 0 saturated heterocycles. The smallest absolute Gasteiger partial charge is 0.250 e. The van der Waals surface area contributed by atoms with Crippen molar-refractivity contribution in [2.75, 3.05) is 5.73 Å². The molecule has 0 spiro atoms. The fourth-order valence-corrected chi connectivity index (χ4v) is 1.34. The highest BCUT2D eigenvalue weighted by Gasteiger charge is 2.22. The maximum absolute atomic E-state index is 13.6. The van der Waals surface area contributed by atoms with Crippen molar-refractivity contribution in [3.63, 3.8) is 0 Å². The van der Waals surface area contributed by atoms with E-state index in [0.29, 0.717) is 11.6 Å². The first-order valence-corrected chi connectivity index (χ1v) is 5.27. The van der Waals surface area contributed by atoms with Gasteiger partial charge in [-0.15, -0.1) is 10.2 Å². The average Bonchev–Trinajstić information content (AvgIpc) is 2.65. The summed E-state index contributed by atoms with van der Waals surface area (Å²) in [6.45, 7) is 5.84. The Labute approximate surface area is 98.7 Å². The van der Waals surface area contributed by atoms with Gasteiger partial charge >= 0.3 is 0 Å². The lowest BCUT2D eigenvalue weighted by Gasteiger charge is -2.11. The summed E-state index contributed by atoms with van der Waals surface area (Å²) in [5, 5.41) is 7.76. The number of nitrogens with zero attached hydrogens (tertiary/aromatic N) is 2. The molecule has 5 heteroatoms. The van der Waals surface area contributed by atoms with Crippen LogP contribution in [0.15, 0.2) is 22.6 Å². The number of anilines is 1. The fourth-order valence-electron chi connectivity index (χ4n) is 1.34. The van der Waals surface area contributed by atoms with Crippen molar-refractivity contribution in [2.24, 2.45) is 0 Å². The Morgan fingerprint density at radius 2 is 1.94 bits per heavy atom. The predicted octanol–water partition coefficient (Wildman–Crippen LogP) is 2.76. The summed E-state index contributed by atoms with van der Waals surface area (Å²) in [5.74, 6) is 0.185. The van der Waals surface area contributed by atoms with Crippen LogP contribution in [-0.4, -0.2) is 10.2 Å². The summed E-state index contributed by atoms with van der Waals surface area (Å²) in [4.78, 5) is 0.